The predicted octanol–water partition coefficient (Wildman–Crippen LogP) is 5.69. The monoisotopic (exact) mass is 467 g/mol. The van der Waals surface area contributed by atoms with Crippen LogP contribution in [0.3, 0.4) is 0 Å². The molecule has 3 aromatic carbocycles. The Labute approximate surface area is 193 Å². The van der Waals surface area contributed by atoms with Crippen molar-refractivity contribution >= 4 is 17.4 Å². The summed E-state index contributed by atoms with van der Waals surface area (Å²) in [6.45, 7) is 0. The minimum absolute atomic E-state index is 0.0467. The summed E-state index contributed by atoms with van der Waals surface area (Å²) in [5.74, 6) is -2.53. The molecular weight excluding hydrogens is 447 g/mol. The number of carbonyl (C=O) groups is 2. The first-order valence-electron chi connectivity index (χ1n) is 10.5. The van der Waals surface area contributed by atoms with Crippen LogP contribution in [-0.2, 0) is 16.0 Å². The van der Waals surface area contributed by atoms with E-state index in [9.17, 15) is 27.9 Å². The number of ether oxygens (including phenoxy) is 1. The van der Waals surface area contributed by atoms with E-state index in [0.29, 0.717) is 12.0 Å². The van der Waals surface area contributed by atoms with Crippen LogP contribution in [0.15, 0.2) is 96.3 Å². The molecule has 174 valence electrons. The Hall–Kier alpha value is -4.07. The molecule has 1 N–H and O–H groups in total. The van der Waals surface area contributed by atoms with E-state index in [4.69, 9.17) is 0 Å². The van der Waals surface area contributed by atoms with Crippen LogP contribution in [-0.4, -0.2) is 23.2 Å². The van der Waals surface area contributed by atoms with Crippen LogP contribution in [0.4, 0.5) is 18.9 Å². The van der Waals surface area contributed by atoms with Crippen molar-refractivity contribution < 1.29 is 32.6 Å². The van der Waals surface area contributed by atoms with Gasteiger partial charge in [-0.2, -0.15) is 0 Å². The van der Waals surface area contributed by atoms with Crippen molar-refractivity contribution in [2.45, 2.75) is 25.2 Å². The van der Waals surface area contributed by atoms with Gasteiger partial charge in [0.1, 0.15) is 5.75 Å². The third kappa shape index (κ3) is 4.96. The minimum atomic E-state index is -4.91. The smallest absolute Gasteiger partial charge is 0.503 e. The molecule has 34 heavy (non-hydrogen) atoms. The summed E-state index contributed by atoms with van der Waals surface area (Å²) < 4.78 is 42.2. The second-order valence-corrected chi connectivity index (χ2v) is 7.70. The highest BCUT2D eigenvalue weighted by Gasteiger charge is 2.44. The molecule has 1 unspecified atom stereocenters. The summed E-state index contributed by atoms with van der Waals surface area (Å²) in [7, 11) is 0. The topological polar surface area (TPSA) is 66.8 Å². The summed E-state index contributed by atoms with van der Waals surface area (Å²) in [4.78, 5) is 27.4. The first-order chi connectivity index (χ1) is 16.2. The number of hydrogen-bond acceptors (Lipinski definition) is 4. The molecule has 3 aromatic rings. The molecular formula is C26H20F3NO4. The lowest BCUT2D eigenvalue weighted by Crippen LogP contribution is -2.31. The molecule has 0 radical (unpaired) electrons. The van der Waals surface area contributed by atoms with E-state index < -0.39 is 35.6 Å². The summed E-state index contributed by atoms with van der Waals surface area (Å²) in [6.07, 6.45) is -4.46. The molecule has 0 spiro atoms. The van der Waals surface area contributed by atoms with E-state index in [1.807, 2.05) is 30.3 Å². The standard InChI is InChI=1S/C26H20F3NO4/c27-26(28,29)34-20-13-7-12-19(16-20)30-23(18-10-5-2-6-11-18)22(24(32)25(30)33)21(31)15-14-17-8-3-1-4-9-17/h1-13,16,23,32H,14-15H2. The van der Waals surface area contributed by atoms with Crippen molar-refractivity contribution in [3.63, 3.8) is 0 Å². The van der Waals surface area contributed by atoms with E-state index >= 15 is 0 Å². The second-order valence-electron chi connectivity index (χ2n) is 7.70. The van der Waals surface area contributed by atoms with Gasteiger partial charge in [0, 0.05) is 18.2 Å². The molecule has 0 aromatic heterocycles. The first kappa shape index (κ1) is 23.1. The van der Waals surface area contributed by atoms with E-state index in [1.54, 1.807) is 30.3 Å². The highest BCUT2D eigenvalue weighted by atomic mass is 19.4. The fraction of sp³-hybridized carbons (Fsp3) is 0.154. The Morgan fingerprint density at radius 2 is 1.59 bits per heavy atom. The van der Waals surface area contributed by atoms with Crippen molar-refractivity contribution in [2.75, 3.05) is 4.90 Å². The quantitative estimate of drug-likeness (QED) is 0.485. The Morgan fingerprint density at radius 3 is 2.24 bits per heavy atom. The molecule has 5 nitrogen and oxygen atoms in total. The zero-order valence-corrected chi connectivity index (χ0v) is 17.8. The highest BCUT2D eigenvalue weighted by molar-refractivity contribution is 6.16. The first-order valence-corrected chi connectivity index (χ1v) is 10.5. The maximum absolute atomic E-state index is 13.2. The average Bonchev–Trinajstić information content (AvgIpc) is 3.08. The third-order valence-corrected chi connectivity index (χ3v) is 5.44. The number of rotatable bonds is 7. The molecule has 1 heterocycles. The number of aliphatic hydroxyl groups excluding tert-OH is 1. The number of anilines is 1. The van der Waals surface area contributed by atoms with Gasteiger partial charge in [-0.15, -0.1) is 13.2 Å². The fourth-order valence-corrected chi connectivity index (χ4v) is 3.97. The lowest BCUT2D eigenvalue weighted by Gasteiger charge is -2.27. The van der Waals surface area contributed by atoms with Crippen LogP contribution in [0.5, 0.6) is 5.75 Å². The molecule has 0 fully saturated rings. The van der Waals surface area contributed by atoms with Gasteiger partial charge in [0.25, 0.3) is 5.91 Å². The lowest BCUT2D eigenvalue weighted by molar-refractivity contribution is -0.274. The molecule has 4 rings (SSSR count). The molecule has 1 aliphatic rings. The number of aryl methyl sites for hydroxylation is 1. The van der Waals surface area contributed by atoms with Crippen molar-refractivity contribution in [3.8, 4) is 5.75 Å². The summed E-state index contributed by atoms with van der Waals surface area (Å²) in [6, 6.07) is 21.7. The third-order valence-electron chi connectivity index (χ3n) is 5.44. The Morgan fingerprint density at radius 1 is 0.941 bits per heavy atom. The molecule has 1 atom stereocenters. The van der Waals surface area contributed by atoms with Crippen molar-refractivity contribution in [2.24, 2.45) is 0 Å². The fourth-order valence-electron chi connectivity index (χ4n) is 3.97. The number of hydrogen-bond donors (Lipinski definition) is 1. The van der Waals surface area contributed by atoms with Gasteiger partial charge in [-0.1, -0.05) is 66.7 Å². The highest BCUT2D eigenvalue weighted by Crippen LogP contribution is 2.42. The summed E-state index contributed by atoms with van der Waals surface area (Å²) in [5, 5.41) is 10.7. The van der Waals surface area contributed by atoms with Crippen molar-refractivity contribution in [1.29, 1.82) is 0 Å². The second kappa shape index (κ2) is 9.43. The van der Waals surface area contributed by atoms with E-state index in [0.717, 1.165) is 22.6 Å². The molecule has 8 heteroatoms. The Kier molecular flexibility index (Phi) is 6.40. The average molecular weight is 467 g/mol. The minimum Gasteiger partial charge on any atom is -0.503 e. The van der Waals surface area contributed by atoms with Crippen LogP contribution in [0.25, 0.3) is 0 Å². The number of Topliss-reactive ketones (excluding diaryl/α,β-unsaturated/α-hetero) is 1. The molecule has 0 saturated heterocycles. The van der Waals surface area contributed by atoms with E-state index in [-0.39, 0.29) is 17.7 Å². The summed E-state index contributed by atoms with van der Waals surface area (Å²) in [5.41, 5.74) is 1.42. The number of halogens is 3. The zero-order valence-electron chi connectivity index (χ0n) is 17.8. The van der Waals surface area contributed by atoms with Gasteiger partial charge in [0.05, 0.1) is 11.6 Å². The summed E-state index contributed by atoms with van der Waals surface area (Å²) >= 11 is 0. The number of alkyl halides is 3. The number of carbonyl (C=O) groups excluding carboxylic acids is 2. The zero-order chi connectivity index (χ0) is 24.3. The van der Waals surface area contributed by atoms with E-state index in [2.05, 4.69) is 4.74 Å². The number of benzene rings is 3. The van der Waals surface area contributed by atoms with Gasteiger partial charge >= 0.3 is 6.36 Å². The van der Waals surface area contributed by atoms with Crippen LogP contribution < -0.4 is 9.64 Å². The number of amides is 1. The van der Waals surface area contributed by atoms with E-state index in [1.165, 1.54) is 12.1 Å². The van der Waals surface area contributed by atoms with Gasteiger partial charge in [0.2, 0.25) is 0 Å². The molecule has 0 bridgehead atoms. The molecule has 1 aliphatic heterocycles. The van der Waals surface area contributed by atoms with Crippen LogP contribution in [0, 0.1) is 0 Å². The Balaban J connectivity index is 1.70. The van der Waals surface area contributed by atoms with Crippen LogP contribution >= 0.6 is 0 Å². The molecule has 0 aliphatic carbocycles. The normalized spacial score (nSPS) is 16.1. The van der Waals surface area contributed by atoms with Crippen LogP contribution in [0.2, 0.25) is 0 Å². The number of nitrogens with zero attached hydrogens (tertiary/aromatic N) is 1. The maximum atomic E-state index is 13.2. The largest absolute Gasteiger partial charge is 0.573 e. The SMILES string of the molecule is O=C(CCc1ccccc1)C1=C(O)C(=O)N(c2cccc(OC(F)(F)F)c2)C1c1ccccc1. The van der Waals surface area contributed by atoms with Gasteiger partial charge in [-0.3, -0.25) is 14.5 Å². The van der Waals surface area contributed by atoms with Crippen molar-refractivity contribution in [1.82, 2.24) is 0 Å². The molecule has 1 amide bonds. The predicted molar refractivity (Wildman–Crippen MR) is 119 cm³/mol. The lowest BCUT2D eigenvalue weighted by atomic mass is 9.93. The number of aliphatic hydroxyl groups is 1. The van der Waals surface area contributed by atoms with Gasteiger partial charge in [-0.05, 0) is 29.7 Å². The van der Waals surface area contributed by atoms with Gasteiger partial charge in [0.15, 0.2) is 11.5 Å². The van der Waals surface area contributed by atoms with Crippen molar-refractivity contribution in [3.05, 3.63) is 107 Å². The molecule has 0 saturated carbocycles. The Bertz CT molecular complexity index is 1220. The van der Waals surface area contributed by atoms with Gasteiger partial charge in [-0.25, -0.2) is 0 Å². The maximum Gasteiger partial charge on any atom is 0.573 e. The van der Waals surface area contributed by atoms with Crippen LogP contribution in [0.1, 0.15) is 23.6 Å². The van der Waals surface area contributed by atoms with Gasteiger partial charge < -0.3 is 9.84 Å². The number of ketones is 1.